The zero-order valence-corrected chi connectivity index (χ0v) is 49.3. The molecule has 0 heterocycles. The number of aliphatic hydroxyl groups is 1. The van der Waals surface area contributed by atoms with E-state index in [0.29, 0.717) is 42.7 Å². The Morgan fingerprint density at radius 2 is 1.69 bits per heavy atom. The van der Waals surface area contributed by atoms with Gasteiger partial charge in [0.1, 0.15) is 24.9 Å². The Bertz CT molecular complexity index is 2660. The summed E-state index contributed by atoms with van der Waals surface area (Å²) in [6.07, 6.45) is 9.75. The van der Waals surface area contributed by atoms with E-state index >= 15 is 8.78 Å². The van der Waals surface area contributed by atoms with Crippen LogP contribution in [0.3, 0.4) is 0 Å². The Labute approximate surface area is 478 Å². The molecule has 1 aromatic carbocycles. The second-order valence-electron chi connectivity index (χ2n) is 23.9. The highest BCUT2D eigenvalue weighted by Gasteiger charge is 2.78. The van der Waals surface area contributed by atoms with Crippen molar-refractivity contribution in [1.82, 2.24) is 16.0 Å². The van der Waals surface area contributed by atoms with Gasteiger partial charge >= 0.3 is 19.6 Å². The molecule has 448 valence electrons. The fourth-order valence-corrected chi connectivity index (χ4v) is 16.0. The second kappa shape index (κ2) is 26.8. The van der Waals surface area contributed by atoms with Crippen molar-refractivity contribution in [3.8, 4) is 0 Å². The fourth-order valence-electron chi connectivity index (χ4n) is 13.6. The summed E-state index contributed by atoms with van der Waals surface area (Å²) in [5.41, 5.74) is 0.593. The van der Waals surface area contributed by atoms with E-state index in [0.717, 1.165) is 49.9 Å². The lowest BCUT2D eigenvalue weighted by molar-refractivity contribution is -0.228. The maximum atomic E-state index is 17.9. The number of thioether (sulfide) groups is 1. The molecule has 4 fully saturated rings. The number of aliphatic hydroxyl groups excluding tert-OH is 1. The summed E-state index contributed by atoms with van der Waals surface area (Å²) in [5, 5.41) is 22.3. The van der Waals surface area contributed by atoms with Gasteiger partial charge in [-0.25, -0.2) is 13.6 Å². The fraction of sp³-hybridized carbons (Fsp3) is 0.678. The number of benzene rings is 1. The van der Waals surface area contributed by atoms with Crippen molar-refractivity contribution in [2.45, 2.75) is 186 Å². The molecule has 1 aromatic rings. The van der Waals surface area contributed by atoms with Crippen LogP contribution in [-0.4, -0.2) is 117 Å². The number of unbranched alkanes of at least 4 members (excludes halogenated alkanes) is 3. The Kier molecular flexibility index (Phi) is 21.1. The number of nitrogens with one attached hydrogen (secondary N) is 4. The third kappa shape index (κ3) is 14.2. The molecule has 6 aliphatic carbocycles. The number of amides is 5. The van der Waals surface area contributed by atoms with E-state index in [1.165, 1.54) is 24.6 Å². The molecule has 22 heteroatoms. The van der Waals surface area contributed by atoms with Gasteiger partial charge in [-0.15, -0.1) is 0 Å². The Morgan fingerprint density at radius 3 is 2.40 bits per heavy atom. The van der Waals surface area contributed by atoms with Crippen LogP contribution in [0.4, 0.5) is 19.3 Å². The van der Waals surface area contributed by atoms with Crippen LogP contribution in [0, 0.1) is 40.4 Å². The number of primary amides is 1. The van der Waals surface area contributed by atoms with Crippen LogP contribution in [0.5, 0.6) is 0 Å². The van der Waals surface area contributed by atoms with Gasteiger partial charge in [-0.3, -0.25) is 33.3 Å². The standard InChI is InChI=1S/C59H84F2N5O13PS/c1-7-50(70)79-59(36(4)28-42-43-31-45(60)44-30-40(67)23-24-56(44,5)58(43,61)48(68)32-57(42,59)6)54(73)81-27-14-9-8-13-26-80(75,76)78-33-37-19-21-39(22-20-37)64-52(71)46(17-15-25-63-55(62)74)65-53(72)51(35(2)3)66-49(69)34-77-47-18-12-10-11-16-38-29-41(38)47/h19-24,29-30,35-36,41-43,45-48,51,68H,7-18,25-28,31-34H2,1-6H3,(H,64,71)(H,65,72)(H,66,69)(H,75,76)(H3,62,63,74)/t36-,41?,42+,43+,45+,46?,47?,48+,51?,56+,57+,58+,59+/m1/s1. The summed E-state index contributed by atoms with van der Waals surface area (Å²) in [7, 11) is -4.04. The molecule has 18 nitrogen and oxygen atoms in total. The predicted molar refractivity (Wildman–Crippen MR) is 303 cm³/mol. The van der Waals surface area contributed by atoms with E-state index in [4.69, 9.17) is 19.7 Å². The molecule has 0 saturated heterocycles. The lowest BCUT2D eigenvalue weighted by Gasteiger charge is -2.63. The van der Waals surface area contributed by atoms with Crippen molar-refractivity contribution >= 4 is 65.7 Å². The van der Waals surface area contributed by atoms with E-state index < -0.39 is 112 Å². The average molecular weight is 1170 g/mol. The van der Waals surface area contributed by atoms with Crippen molar-refractivity contribution in [3.05, 3.63) is 65.3 Å². The number of esters is 1. The number of rotatable bonds is 26. The molecule has 0 radical (unpaired) electrons. The van der Waals surface area contributed by atoms with Crippen molar-refractivity contribution in [2.24, 2.45) is 46.2 Å². The summed E-state index contributed by atoms with van der Waals surface area (Å²) in [6, 6.07) is 3.63. The molecule has 0 aliphatic heterocycles. The first-order valence-electron chi connectivity index (χ1n) is 29.0. The van der Waals surface area contributed by atoms with E-state index in [-0.39, 0.29) is 88.0 Å². The molecule has 5 unspecified atom stereocenters. The molecule has 8 N–H and O–H groups in total. The molecule has 6 aliphatic rings. The monoisotopic (exact) mass is 1170 g/mol. The number of ketones is 1. The number of ether oxygens (including phenoxy) is 2. The number of hydrogen-bond acceptors (Lipinski definition) is 13. The highest BCUT2D eigenvalue weighted by atomic mass is 32.2. The quantitative estimate of drug-likeness (QED) is 0.0199. The minimum Gasteiger partial charge on any atom is -0.449 e. The number of halogens is 2. The summed E-state index contributed by atoms with van der Waals surface area (Å²) in [5.74, 6) is -4.63. The normalized spacial score (nSPS) is 31.6. The maximum Gasteiger partial charge on any atom is 0.328 e. The molecule has 7 rings (SSSR count). The van der Waals surface area contributed by atoms with Gasteiger partial charge in [0.15, 0.2) is 17.1 Å². The van der Waals surface area contributed by atoms with Gasteiger partial charge in [0.2, 0.25) is 22.8 Å². The Hall–Kier alpha value is -4.79. The van der Waals surface area contributed by atoms with E-state index in [9.17, 15) is 48.1 Å². The summed E-state index contributed by atoms with van der Waals surface area (Å²) >= 11 is 0.997. The summed E-state index contributed by atoms with van der Waals surface area (Å²) in [4.78, 5) is 103. The van der Waals surface area contributed by atoms with Crippen LogP contribution in [0.2, 0.25) is 0 Å². The number of nitrogens with two attached hydrogens (primary N) is 1. The molecule has 0 aromatic heterocycles. The van der Waals surface area contributed by atoms with Crippen molar-refractivity contribution in [1.29, 1.82) is 0 Å². The number of fused-ring (bicyclic) bond motifs is 6. The molecule has 0 spiro atoms. The van der Waals surface area contributed by atoms with Gasteiger partial charge in [0, 0.05) is 59.2 Å². The van der Waals surface area contributed by atoms with Crippen molar-refractivity contribution in [3.63, 3.8) is 0 Å². The number of allylic oxidation sites excluding steroid dienone is 4. The number of anilines is 1. The SMILES string of the molecule is CCC(=O)O[C@]1(C(=O)SCCCCCCP(=O)(O)OCc2ccc(NC(=O)C(CCCNC(N)=O)NC(=O)C(NC(=O)COC3CCCCCC4=CC43)C(C)C)cc2)[C@H](C)C[C@H]2[C@@H]3C[C@H](F)C4=CC(=O)C=C[C@]4(C)[C@@]3(F)[C@@H](O)C[C@@]21C. The predicted octanol–water partition coefficient (Wildman–Crippen LogP) is 8.38. The molecule has 14 atom stereocenters. The molecular weight excluding hydrogens is 1090 g/mol. The van der Waals surface area contributed by atoms with Gasteiger partial charge in [0.05, 0.1) is 18.8 Å². The summed E-state index contributed by atoms with van der Waals surface area (Å²) in [6.45, 7) is 9.97. The van der Waals surface area contributed by atoms with Gasteiger partial charge < -0.3 is 51.0 Å². The molecular formula is C59H84F2N5O13PS. The van der Waals surface area contributed by atoms with E-state index in [1.807, 2.05) is 0 Å². The average Bonchev–Trinajstić information content (AvgIpc) is 2.86. The second-order valence-corrected chi connectivity index (χ2v) is 27.0. The first-order chi connectivity index (χ1) is 38.3. The third-order valence-corrected chi connectivity index (χ3v) is 20.6. The van der Waals surface area contributed by atoms with Crippen LogP contribution in [0.1, 0.15) is 143 Å². The zero-order valence-electron chi connectivity index (χ0n) is 47.6. The van der Waals surface area contributed by atoms with Gasteiger partial charge in [-0.1, -0.05) is 102 Å². The first kappa shape index (κ1) is 63.8. The molecule has 81 heavy (non-hydrogen) atoms. The lowest BCUT2D eigenvalue weighted by atomic mass is 9.44. The number of carbonyl (C=O) groups is 7. The van der Waals surface area contributed by atoms with Gasteiger partial charge in [0.25, 0.3) is 0 Å². The van der Waals surface area contributed by atoms with Gasteiger partial charge in [-0.05, 0) is 118 Å². The minimum atomic E-state index is -4.04. The van der Waals surface area contributed by atoms with E-state index in [2.05, 4.69) is 27.3 Å². The van der Waals surface area contributed by atoms with Crippen LogP contribution < -0.4 is 27.0 Å². The van der Waals surface area contributed by atoms with Crippen molar-refractivity contribution in [2.75, 3.05) is 30.4 Å². The molecule has 0 bridgehead atoms. The number of hydrogen-bond donors (Lipinski definition) is 7. The van der Waals surface area contributed by atoms with Crippen LogP contribution in [-0.2, 0) is 53.9 Å². The Morgan fingerprint density at radius 1 is 0.963 bits per heavy atom. The van der Waals surface area contributed by atoms with E-state index in [1.54, 1.807) is 58.9 Å². The third-order valence-electron chi connectivity index (χ3n) is 18.1. The molecule has 4 saturated carbocycles. The minimum absolute atomic E-state index is 0.000567. The number of urea groups is 1. The zero-order chi connectivity index (χ0) is 59.1. The van der Waals surface area contributed by atoms with Crippen LogP contribution in [0.25, 0.3) is 0 Å². The maximum absolute atomic E-state index is 17.9. The van der Waals surface area contributed by atoms with Crippen LogP contribution >= 0.6 is 19.4 Å². The molecule has 5 amide bonds. The number of carbonyl (C=O) groups excluding carboxylic acids is 7. The number of alkyl halides is 2. The largest absolute Gasteiger partial charge is 0.449 e. The van der Waals surface area contributed by atoms with Crippen LogP contribution in [0.15, 0.2) is 59.7 Å². The van der Waals surface area contributed by atoms with Crippen molar-refractivity contribution < 1.29 is 70.9 Å². The summed E-state index contributed by atoms with van der Waals surface area (Å²) < 4.78 is 64.7. The topological polar surface area (TPSA) is 279 Å². The highest BCUT2D eigenvalue weighted by molar-refractivity contribution is 8.13. The Balaban J connectivity index is 0.862. The van der Waals surface area contributed by atoms with Gasteiger partial charge in [-0.2, -0.15) is 0 Å². The first-order valence-corrected chi connectivity index (χ1v) is 31.7. The smallest absolute Gasteiger partial charge is 0.328 e. The highest BCUT2D eigenvalue weighted by Crippen LogP contribution is 2.72. The lowest BCUT2D eigenvalue weighted by Crippen LogP contribution is -2.70.